The highest BCUT2D eigenvalue weighted by molar-refractivity contribution is 6.07. The van der Waals surface area contributed by atoms with Crippen LogP contribution in [0.5, 0.6) is 0 Å². The highest BCUT2D eigenvalue weighted by Crippen LogP contribution is 2.31. The van der Waals surface area contributed by atoms with Crippen LogP contribution in [0.1, 0.15) is 33.5 Å². The van der Waals surface area contributed by atoms with Crippen molar-refractivity contribution in [3.05, 3.63) is 94.8 Å². The maximum atomic E-state index is 13.6. The molecule has 1 saturated heterocycles. The third kappa shape index (κ3) is 4.80. The van der Waals surface area contributed by atoms with Crippen molar-refractivity contribution < 1.29 is 14.0 Å². The number of aryl methyl sites for hydroxylation is 2. The number of urea groups is 1. The van der Waals surface area contributed by atoms with Gasteiger partial charge < -0.3 is 10.2 Å². The van der Waals surface area contributed by atoms with E-state index in [1.165, 1.54) is 23.8 Å². The van der Waals surface area contributed by atoms with E-state index in [2.05, 4.69) is 5.32 Å². The summed E-state index contributed by atoms with van der Waals surface area (Å²) in [6.45, 7) is 5.74. The van der Waals surface area contributed by atoms with Gasteiger partial charge in [0.1, 0.15) is 5.82 Å². The molecule has 0 aliphatic carbocycles. The second-order valence-corrected chi connectivity index (χ2v) is 8.18. The van der Waals surface area contributed by atoms with Crippen molar-refractivity contribution in [2.24, 2.45) is 0 Å². The zero-order valence-electron chi connectivity index (χ0n) is 18.3. The maximum Gasteiger partial charge on any atom is 0.324 e. The quantitative estimate of drug-likeness (QED) is 0.578. The molecule has 32 heavy (non-hydrogen) atoms. The van der Waals surface area contributed by atoms with E-state index < -0.39 is 11.7 Å². The van der Waals surface area contributed by atoms with Crippen molar-refractivity contribution in [2.75, 3.05) is 23.3 Å². The van der Waals surface area contributed by atoms with Crippen LogP contribution in [0, 0.1) is 19.7 Å². The summed E-state index contributed by atoms with van der Waals surface area (Å²) in [7, 11) is 0. The molecule has 5 nitrogen and oxygen atoms in total. The minimum Gasteiger partial charge on any atom is -0.320 e. The van der Waals surface area contributed by atoms with Crippen LogP contribution in [0.25, 0.3) is 0 Å². The summed E-state index contributed by atoms with van der Waals surface area (Å²) in [6, 6.07) is 19.2. The Balaban J connectivity index is 1.57. The van der Waals surface area contributed by atoms with Gasteiger partial charge in [-0.3, -0.25) is 9.69 Å². The Kier molecular flexibility index (Phi) is 6.21. The van der Waals surface area contributed by atoms with Gasteiger partial charge in [-0.05, 0) is 61.7 Å². The van der Waals surface area contributed by atoms with Crippen LogP contribution in [0.15, 0.2) is 66.7 Å². The highest BCUT2D eigenvalue weighted by Gasteiger charge is 2.28. The van der Waals surface area contributed by atoms with Crippen LogP contribution in [0.3, 0.4) is 0 Å². The third-order valence-corrected chi connectivity index (χ3v) is 5.58. The number of carbonyl (C=O) groups is 2. The van der Waals surface area contributed by atoms with Crippen molar-refractivity contribution in [1.82, 2.24) is 4.90 Å². The molecule has 3 aromatic carbocycles. The maximum absolute atomic E-state index is 13.6. The Morgan fingerprint density at radius 2 is 1.72 bits per heavy atom. The SMILES string of the molecule is Cc1ccc(CN2CCCN(c3ccc(C)cc3NC(=O)c3cccc(F)c3)C2=O)cc1. The summed E-state index contributed by atoms with van der Waals surface area (Å²) in [5.74, 6) is -0.891. The molecule has 1 N–H and O–H groups in total. The van der Waals surface area contributed by atoms with Gasteiger partial charge in [-0.25, -0.2) is 9.18 Å². The molecule has 164 valence electrons. The van der Waals surface area contributed by atoms with Gasteiger partial charge in [0, 0.05) is 25.2 Å². The fourth-order valence-electron chi connectivity index (χ4n) is 3.88. The molecule has 0 unspecified atom stereocenters. The summed E-state index contributed by atoms with van der Waals surface area (Å²) < 4.78 is 13.6. The molecule has 4 rings (SSSR count). The normalized spacial score (nSPS) is 13.9. The number of benzene rings is 3. The number of hydrogen-bond donors (Lipinski definition) is 1. The average Bonchev–Trinajstić information content (AvgIpc) is 2.77. The largest absolute Gasteiger partial charge is 0.324 e. The molecule has 1 heterocycles. The van der Waals surface area contributed by atoms with E-state index in [0.717, 1.165) is 17.5 Å². The standard InChI is InChI=1S/C26H26FN3O2/c1-18-7-10-20(11-8-18)17-29-13-4-14-30(26(29)32)24-12-9-19(2)15-23(24)28-25(31)21-5-3-6-22(27)16-21/h3,5-12,15-16H,4,13-14,17H2,1-2H3,(H,28,31). The minimum absolute atomic E-state index is 0.0954. The number of halogens is 1. The van der Waals surface area contributed by atoms with Crippen molar-refractivity contribution in [2.45, 2.75) is 26.8 Å². The average molecular weight is 432 g/mol. The summed E-state index contributed by atoms with van der Waals surface area (Å²) in [4.78, 5) is 29.6. The lowest BCUT2D eigenvalue weighted by Gasteiger charge is -2.36. The first-order valence-corrected chi connectivity index (χ1v) is 10.7. The smallest absolute Gasteiger partial charge is 0.320 e. The second kappa shape index (κ2) is 9.22. The van der Waals surface area contributed by atoms with Gasteiger partial charge in [0.2, 0.25) is 0 Å². The molecule has 6 heteroatoms. The minimum atomic E-state index is -0.472. The number of amides is 3. The molecule has 1 aliphatic rings. The second-order valence-electron chi connectivity index (χ2n) is 8.18. The molecule has 0 bridgehead atoms. The van der Waals surface area contributed by atoms with Crippen molar-refractivity contribution in [1.29, 1.82) is 0 Å². The highest BCUT2D eigenvalue weighted by atomic mass is 19.1. The molecule has 0 radical (unpaired) electrons. The van der Waals surface area contributed by atoms with Crippen LogP contribution in [-0.2, 0) is 6.54 Å². The fraction of sp³-hybridized carbons (Fsp3) is 0.231. The molecule has 1 aliphatic heterocycles. The topological polar surface area (TPSA) is 52.6 Å². The number of nitrogens with one attached hydrogen (secondary N) is 1. The Labute approximate surface area is 187 Å². The van der Waals surface area contributed by atoms with Crippen LogP contribution < -0.4 is 10.2 Å². The molecule has 1 fully saturated rings. The Morgan fingerprint density at radius 1 is 0.969 bits per heavy atom. The third-order valence-electron chi connectivity index (χ3n) is 5.58. The van der Waals surface area contributed by atoms with E-state index in [1.807, 2.05) is 61.2 Å². The Hall–Kier alpha value is -3.67. The molecule has 0 aromatic heterocycles. The van der Waals surface area contributed by atoms with Gasteiger partial charge in [0.25, 0.3) is 5.91 Å². The lowest BCUT2D eigenvalue weighted by molar-refractivity contribution is 0.102. The molecule has 3 aromatic rings. The van der Waals surface area contributed by atoms with Crippen molar-refractivity contribution >= 4 is 23.3 Å². The van der Waals surface area contributed by atoms with Crippen LogP contribution in [-0.4, -0.2) is 29.9 Å². The summed E-state index contributed by atoms with van der Waals surface area (Å²) in [5.41, 5.74) is 4.60. The number of hydrogen-bond acceptors (Lipinski definition) is 2. The van der Waals surface area contributed by atoms with Gasteiger partial charge in [0.05, 0.1) is 11.4 Å². The van der Waals surface area contributed by atoms with E-state index in [1.54, 1.807) is 11.0 Å². The number of carbonyl (C=O) groups excluding carboxylic acids is 2. The molecular formula is C26H26FN3O2. The zero-order chi connectivity index (χ0) is 22.7. The van der Waals surface area contributed by atoms with Gasteiger partial charge in [-0.15, -0.1) is 0 Å². The first-order chi connectivity index (χ1) is 15.4. The predicted octanol–water partition coefficient (Wildman–Crippen LogP) is 5.53. The summed E-state index contributed by atoms with van der Waals surface area (Å²) in [5, 5.41) is 2.87. The van der Waals surface area contributed by atoms with Crippen LogP contribution in [0.4, 0.5) is 20.6 Å². The summed E-state index contributed by atoms with van der Waals surface area (Å²) in [6.07, 6.45) is 0.822. The van der Waals surface area contributed by atoms with Gasteiger partial charge in [-0.1, -0.05) is 42.0 Å². The van der Waals surface area contributed by atoms with Gasteiger partial charge in [-0.2, -0.15) is 0 Å². The number of rotatable bonds is 5. The predicted molar refractivity (Wildman–Crippen MR) is 124 cm³/mol. The molecular weight excluding hydrogens is 405 g/mol. The van der Waals surface area contributed by atoms with Crippen LogP contribution >= 0.6 is 0 Å². The first-order valence-electron chi connectivity index (χ1n) is 10.7. The number of nitrogens with zero attached hydrogens (tertiary/aromatic N) is 2. The van der Waals surface area contributed by atoms with E-state index in [4.69, 9.17) is 0 Å². The molecule has 0 saturated carbocycles. The summed E-state index contributed by atoms with van der Waals surface area (Å²) >= 11 is 0. The monoisotopic (exact) mass is 431 g/mol. The zero-order valence-corrected chi connectivity index (χ0v) is 18.3. The van der Waals surface area contributed by atoms with E-state index in [-0.39, 0.29) is 11.6 Å². The Bertz CT molecular complexity index is 1140. The van der Waals surface area contributed by atoms with Gasteiger partial charge in [0.15, 0.2) is 0 Å². The molecule has 3 amide bonds. The molecule has 0 spiro atoms. The lowest BCUT2D eigenvalue weighted by atomic mass is 10.1. The number of anilines is 2. The van der Waals surface area contributed by atoms with Gasteiger partial charge >= 0.3 is 6.03 Å². The lowest BCUT2D eigenvalue weighted by Crippen LogP contribution is -2.49. The van der Waals surface area contributed by atoms with E-state index >= 15 is 0 Å². The van der Waals surface area contributed by atoms with Crippen molar-refractivity contribution in [3.63, 3.8) is 0 Å². The molecule has 0 atom stereocenters. The van der Waals surface area contributed by atoms with E-state index in [0.29, 0.717) is 31.0 Å². The Morgan fingerprint density at radius 3 is 2.47 bits per heavy atom. The van der Waals surface area contributed by atoms with E-state index in [9.17, 15) is 14.0 Å². The van der Waals surface area contributed by atoms with Crippen LogP contribution in [0.2, 0.25) is 0 Å². The fourth-order valence-corrected chi connectivity index (χ4v) is 3.88. The van der Waals surface area contributed by atoms with Crippen molar-refractivity contribution in [3.8, 4) is 0 Å². The first kappa shape index (κ1) is 21.6.